The van der Waals surface area contributed by atoms with Crippen LogP contribution in [0.5, 0.6) is 0 Å². The third-order valence-corrected chi connectivity index (χ3v) is 8.06. The first-order chi connectivity index (χ1) is 18.3. The summed E-state index contributed by atoms with van der Waals surface area (Å²) in [7, 11) is 0. The molecular formula is C35H33N2. The first-order valence-corrected chi connectivity index (χ1v) is 13.5. The molecule has 3 atom stereocenters. The van der Waals surface area contributed by atoms with Crippen LogP contribution in [-0.2, 0) is 19.3 Å². The second kappa shape index (κ2) is 11.0. The van der Waals surface area contributed by atoms with Crippen molar-refractivity contribution in [1.82, 2.24) is 4.98 Å². The molecule has 37 heavy (non-hydrogen) atoms. The highest BCUT2D eigenvalue weighted by atomic mass is 15.2. The van der Waals surface area contributed by atoms with Crippen LogP contribution in [0.4, 0.5) is 5.69 Å². The number of anilines is 1. The van der Waals surface area contributed by atoms with Gasteiger partial charge in [-0.1, -0.05) is 97.1 Å². The summed E-state index contributed by atoms with van der Waals surface area (Å²) < 4.78 is 0. The van der Waals surface area contributed by atoms with Gasteiger partial charge in [-0.05, 0) is 78.5 Å². The van der Waals surface area contributed by atoms with E-state index in [1.807, 2.05) is 6.07 Å². The second-order valence-electron chi connectivity index (χ2n) is 10.3. The Labute approximate surface area is 220 Å². The Hall–Kier alpha value is -3.91. The first-order valence-electron chi connectivity index (χ1n) is 13.5. The zero-order valence-corrected chi connectivity index (χ0v) is 21.2. The van der Waals surface area contributed by atoms with Gasteiger partial charge in [0.1, 0.15) is 0 Å². The highest BCUT2D eigenvalue weighted by Crippen LogP contribution is 2.40. The third-order valence-electron chi connectivity index (χ3n) is 8.06. The number of benzene rings is 4. The molecule has 1 fully saturated rings. The van der Waals surface area contributed by atoms with E-state index in [0.717, 1.165) is 31.3 Å². The topological polar surface area (TPSA) is 16.1 Å². The van der Waals surface area contributed by atoms with Gasteiger partial charge in [0.25, 0.3) is 0 Å². The molecule has 2 heterocycles. The van der Waals surface area contributed by atoms with E-state index in [9.17, 15) is 0 Å². The van der Waals surface area contributed by atoms with Crippen molar-refractivity contribution < 1.29 is 0 Å². The van der Waals surface area contributed by atoms with Gasteiger partial charge in [-0.3, -0.25) is 0 Å². The average molecular weight is 482 g/mol. The van der Waals surface area contributed by atoms with E-state index in [-0.39, 0.29) is 0 Å². The third kappa shape index (κ3) is 5.29. The van der Waals surface area contributed by atoms with Crippen LogP contribution < -0.4 is 4.90 Å². The normalized spacial score (nSPS) is 19.7. The van der Waals surface area contributed by atoms with Crippen LogP contribution >= 0.6 is 0 Å². The van der Waals surface area contributed by atoms with E-state index >= 15 is 0 Å². The monoisotopic (exact) mass is 481 g/mol. The molecule has 0 spiro atoms. The fourth-order valence-electron chi connectivity index (χ4n) is 6.29. The van der Waals surface area contributed by atoms with E-state index < -0.39 is 0 Å². The van der Waals surface area contributed by atoms with Crippen LogP contribution in [0.25, 0.3) is 10.9 Å². The number of fused-ring (bicyclic) bond motifs is 1. The molecule has 0 aliphatic carbocycles. The summed E-state index contributed by atoms with van der Waals surface area (Å²) in [5, 5.41) is 1.22. The van der Waals surface area contributed by atoms with Crippen LogP contribution in [0.2, 0.25) is 0 Å². The van der Waals surface area contributed by atoms with E-state index in [0.29, 0.717) is 17.9 Å². The molecule has 2 nitrogen and oxygen atoms in total. The smallest absolute Gasteiger partial charge is 0.0894 e. The predicted molar refractivity (Wildman–Crippen MR) is 154 cm³/mol. The molecular weight excluding hydrogens is 448 g/mol. The number of rotatable bonds is 7. The molecule has 1 aliphatic rings. The molecule has 1 saturated heterocycles. The number of aromatic nitrogens is 1. The van der Waals surface area contributed by atoms with Crippen molar-refractivity contribution in [3.8, 4) is 0 Å². The lowest BCUT2D eigenvalue weighted by atomic mass is 9.71. The Balaban J connectivity index is 1.43. The van der Waals surface area contributed by atoms with Gasteiger partial charge < -0.3 is 4.90 Å². The number of hydrogen-bond acceptors (Lipinski definition) is 2. The highest BCUT2D eigenvalue weighted by Gasteiger charge is 2.38. The largest absolute Gasteiger partial charge is 0.367 e. The van der Waals surface area contributed by atoms with Crippen LogP contribution in [0.1, 0.15) is 23.1 Å². The van der Waals surface area contributed by atoms with Crippen molar-refractivity contribution in [2.75, 3.05) is 11.4 Å². The number of pyridine rings is 1. The van der Waals surface area contributed by atoms with Gasteiger partial charge in [0, 0.05) is 23.7 Å². The SMILES string of the molecule is [c]1ccc2c(N3CCC(Cc4ccccc4)C(Cc4ccccc4)C3Cc3ccccc3)cccc2n1. The zero-order valence-electron chi connectivity index (χ0n) is 21.2. The van der Waals surface area contributed by atoms with Gasteiger partial charge in [-0.25, -0.2) is 4.98 Å². The van der Waals surface area contributed by atoms with Crippen molar-refractivity contribution in [3.63, 3.8) is 0 Å². The van der Waals surface area contributed by atoms with Crippen LogP contribution in [0.3, 0.4) is 0 Å². The summed E-state index contributed by atoms with van der Waals surface area (Å²) in [4.78, 5) is 7.25. The molecule has 0 bridgehead atoms. The Kier molecular flexibility index (Phi) is 6.99. The first kappa shape index (κ1) is 23.5. The Bertz CT molecular complexity index is 1410. The lowest BCUT2D eigenvalue weighted by Crippen LogP contribution is -2.51. The maximum absolute atomic E-state index is 4.55. The summed E-state index contributed by atoms with van der Waals surface area (Å²) >= 11 is 0. The maximum atomic E-state index is 4.55. The minimum Gasteiger partial charge on any atom is -0.367 e. The van der Waals surface area contributed by atoms with Gasteiger partial charge >= 0.3 is 0 Å². The minimum absolute atomic E-state index is 0.389. The van der Waals surface area contributed by atoms with E-state index in [1.165, 1.54) is 34.2 Å². The molecule has 1 aliphatic heterocycles. The molecule has 0 N–H and O–H groups in total. The van der Waals surface area contributed by atoms with Gasteiger partial charge in [-0.15, -0.1) is 0 Å². The molecule has 4 aromatic carbocycles. The molecule has 5 aromatic rings. The van der Waals surface area contributed by atoms with Gasteiger partial charge in [0.05, 0.1) is 11.7 Å². The van der Waals surface area contributed by atoms with Crippen molar-refractivity contribution in [2.24, 2.45) is 11.8 Å². The minimum atomic E-state index is 0.389. The number of hydrogen-bond donors (Lipinski definition) is 0. The molecule has 6 rings (SSSR count). The van der Waals surface area contributed by atoms with Crippen molar-refractivity contribution >= 4 is 16.6 Å². The van der Waals surface area contributed by atoms with Crippen molar-refractivity contribution in [3.05, 3.63) is 144 Å². The summed E-state index contributed by atoms with van der Waals surface area (Å²) in [6, 6.07) is 44.3. The summed E-state index contributed by atoms with van der Waals surface area (Å²) in [5.41, 5.74) is 6.60. The summed E-state index contributed by atoms with van der Waals surface area (Å²) in [6.45, 7) is 1.05. The Morgan fingerprint density at radius 2 is 1.27 bits per heavy atom. The highest BCUT2D eigenvalue weighted by molar-refractivity contribution is 5.91. The molecule has 0 amide bonds. The van der Waals surface area contributed by atoms with Gasteiger partial charge in [0.2, 0.25) is 0 Å². The second-order valence-corrected chi connectivity index (χ2v) is 10.3. The fraction of sp³-hybridized carbons (Fsp3) is 0.229. The van der Waals surface area contributed by atoms with Gasteiger partial charge in [-0.2, -0.15) is 0 Å². The zero-order chi connectivity index (χ0) is 24.9. The molecule has 1 radical (unpaired) electrons. The lowest BCUT2D eigenvalue weighted by molar-refractivity contribution is 0.213. The van der Waals surface area contributed by atoms with Crippen LogP contribution in [0, 0.1) is 18.0 Å². The number of piperidine rings is 1. The molecule has 2 heteroatoms. The van der Waals surface area contributed by atoms with E-state index in [1.54, 1.807) is 0 Å². The van der Waals surface area contributed by atoms with Gasteiger partial charge in [0.15, 0.2) is 0 Å². The lowest BCUT2D eigenvalue weighted by Gasteiger charge is -2.48. The standard InChI is InChI=1S/C35H33N2/c1-4-12-27(13-5-1)24-30-21-23-37(34-20-10-19-33-31(34)18-11-22-36-33)35(26-29-16-8-3-9-17-29)32(30)25-28-14-6-2-7-15-28/h1-20,30,32,35H,21,23-26H2. The van der Waals surface area contributed by atoms with Crippen LogP contribution in [-0.4, -0.2) is 17.6 Å². The quantitative estimate of drug-likeness (QED) is 0.238. The number of nitrogens with zero attached hydrogens (tertiary/aromatic N) is 2. The molecule has 183 valence electrons. The van der Waals surface area contributed by atoms with Crippen LogP contribution in [0.15, 0.2) is 121 Å². The van der Waals surface area contributed by atoms with E-state index in [4.69, 9.17) is 0 Å². The predicted octanol–water partition coefficient (Wildman–Crippen LogP) is 7.57. The summed E-state index contributed by atoms with van der Waals surface area (Å²) in [5.74, 6) is 1.14. The van der Waals surface area contributed by atoms with Crippen molar-refractivity contribution in [1.29, 1.82) is 0 Å². The molecule has 0 saturated carbocycles. The fourth-order valence-corrected chi connectivity index (χ4v) is 6.29. The van der Waals surface area contributed by atoms with Crippen molar-refractivity contribution in [2.45, 2.75) is 31.7 Å². The van der Waals surface area contributed by atoms with E-state index in [2.05, 4.69) is 131 Å². The average Bonchev–Trinajstić information content (AvgIpc) is 2.96. The Morgan fingerprint density at radius 1 is 0.649 bits per heavy atom. The molecule has 1 aromatic heterocycles. The summed E-state index contributed by atoms with van der Waals surface area (Å²) in [6.07, 6.45) is 7.45. The maximum Gasteiger partial charge on any atom is 0.0894 e. The molecule has 3 unspecified atom stereocenters. The Morgan fingerprint density at radius 3 is 1.95 bits per heavy atom.